The quantitative estimate of drug-likeness (QED) is 0.860. The normalized spacial score (nSPS) is 18.2. The first-order valence-electron chi connectivity index (χ1n) is 7.49. The largest absolute Gasteiger partial charge is 0.444 e. The molecule has 0 aromatic rings. The van der Waals surface area contributed by atoms with Crippen molar-refractivity contribution in [3.63, 3.8) is 0 Å². The van der Waals surface area contributed by atoms with Gasteiger partial charge in [-0.1, -0.05) is 0 Å². The molecule has 0 aliphatic carbocycles. The number of rotatable bonds is 4. The summed E-state index contributed by atoms with van der Waals surface area (Å²) in [6.45, 7) is 13.5. The van der Waals surface area contributed by atoms with Crippen LogP contribution in [0.2, 0.25) is 0 Å². The van der Waals surface area contributed by atoms with Crippen LogP contribution < -0.4 is 0 Å². The van der Waals surface area contributed by atoms with Crippen LogP contribution >= 0.6 is 0 Å². The first-order chi connectivity index (χ1) is 9.07. The Morgan fingerprint density at radius 1 is 1.10 bits per heavy atom. The molecule has 0 aromatic carbocycles. The molecule has 0 unspecified atom stereocenters. The van der Waals surface area contributed by atoms with Crippen LogP contribution in [0.4, 0.5) is 4.79 Å². The fourth-order valence-corrected chi connectivity index (χ4v) is 2.22. The zero-order valence-electron chi connectivity index (χ0n) is 13.6. The highest BCUT2D eigenvalue weighted by atomic mass is 16.6. The zero-order valence-corrected chi connectivity index (χ0v) is 13.6. The number of hydrogen-bond acceptors (Lipinski definition) is 4. The number of piperazine rings is 1. The van der Waals surface area contributed by atoms with Crippen molar-refractivity contribution in [3.8, 4) is 0 Å². The van der Waals surface area contributed by atoms with Gasteiger partial charge in [0.2, 0.25) is 0 Å². The molecule has 1 aliphatic rings. The molecule has 1 aliphatic heterocycles. The summed E-state index contributed by atoms with van der Waals surface area (Å²) in [5, 5.41) is 9.68. The number of amides is 1. The SMILES string of the molecule is CC(C)(O)CCCN1CCN(C(=O)OC(C)(C)C)CC1. The molecule has 1 saturated heterocycles. The molecular weight excluding hydrogens is 256 g/mol. The standard InChI is InChI=1S/C15H30N2O3/c1-14(2,3)20-13(18)17-11-9-16(10-12-17)8-6-7-15(4,5)19/h19H,6-12H2,1-5H3. The van der Waals surface area contributed by atoms with Gasteiger partial charge < -0.3 is 14.7 Å². The van der Waals surface area contributed by atoms with Crippen molar-refractivity contribution in [1.82, 2.24) is 9.80 Å². The summed E-state index contributed by atoms with van der Waals surface area (Å²) >= 11 is 0. The molecule has 1 N–H and O–H groups in total. The predicted octanol–water partition coefficient (Wildman–Crippen LogP) is 2.09. The van der Waals surface area contributed by atoms with Gasteiger partial charge in [0.1, 0.15) is 5.60 Å². The van der Waals surface area contributed by atoms with Crippen molar-refractivity contribution in [1.29, 1.82) is 0 Å². The number of hydrogen-bond donors (Lipinski definition) is 1. The van der Waals surface area contributed by atoms with Crippen LogP contribution in [0.5, 0.6) is 0 Å². The molecule has 118 valence electrons. The van der Waals surface area contributed by atoms with Crippen LogP contribution in [-0.4, -0.2) is 64.9 Å². The lowest BCUT2D eigenvalue weighted by atomic mass is 10.0. The summed E-state index contributed by atoms with van der Waals surface area (Å²) < 4.78 is 5.37. The third kappa shape index (κ3) is 7.10. The maximum absolute atomic E-state index is 11.9. The van der Waals surface area contributed by atoms with E-state index in [0.29, 0.717) is 0 Å². The average molecular weight is 286 g/mol. The smallest absolute Gasteiger partial charge is 0.410 e. The minimum absolute atomic E-state index is 0.214. The second-order valence-electron chi connectivity index (χ2n) is 7.23. The zero-order chi connectivity index (χ0) is 15.4. The summed E-state index contributed by atoms with van der Waals surface area (Å²) in [5.41, 5.74) is -1.01. The lowest BCUT2D eigenvalue weighted by Gasteiger charge is -2.35. The second-order valence-corrected chi connectivity index (χ2v) is 7.23. The maximum atomic E-state index is 11.9. The Balaban J connectivity index is 2.25. The van der Waals surface area contributed by atoms with E-state index in [0.717, 1.165) is 45.6 Å². The van der Waals surface area contributed by atoms with Crippen LogP contribution in [-0.2, 0) is 4.74 Å². The Morgan fingerprint density at radius 3 is 2.10 bits per heavy atom. The Hall–Kier alpha value is -0.810. The minimum Gasteiger partial charge on any atom is -0.444 e. The maximum Gasteiger partial charge on any atom is 0.410 e. The number of aliphatic hydroxyl groups is 1. The fourth-order valence-electron chi connectivity index (χ4n) is 2.22. The molecule has 0 spiro atoms. The lowest BCUT2D eigenvalue weighted by molar-refractivity contribution is 0.0136. The third-order valence-electron chi connectivity index (χ3n) is 3.29. The topological polar surface area (TPSA) is 53.0 Å². The van der Waals surface area contributed by atoms with Gasteiger partial charge in [-0.25, -0.2) is 4.79 Å². The Kier molecular flexibility index (Phi) is 5.83. The molecule has 0 aromatic heterocycles. The Labute approximate surface area is 122 Å². The molecule has 1 heterocycles. The molecule has 0 radical (unpaired) electrons. The molecule has 5 nitrogen and oxygen atoms in total. The van der Waals surface area contributed by atoms with Crippen molar-refractivity contribution in [2.75, 3.05) is 32.7 Å². The molecule has 1 rings (SSSR count). The Morgan fingerprint density at radius 2 is 1.65 bits per heavy atom. The van der Waals surface area contributed by atoms with Gasteiger partial charge in [-0.3, -0.25) is 4.90 Å². The predicted molar refractivity (Wildman–Crippen MR) is 79.8 cm³/mol. The highest BCUT2D eigenvalue weighted by Crippen LogP contribution is 2.14. The lowest BCUT2D eigenvalue weighted by Crippen LogP contribution is -2.50. The summed E-state index contributed by atoms with van der Waals surface area (Å²) in [6, 6.07) is 0. The van der Waals surface area contributed by atoms with Crippen LogP contribution in [0, 0.1) is 0 Å². The number of ether oxygens (including phenoxy) is 1. The van der Waals surface area contributed by atoms with Crippen molar-refractivity contribution < 1.29 is 14.6 Å². The van der Waals surface area contributed by atoms with Crippen molar-refractivity contribution in [2.45, 2.75) is 58.7 Å². The fraction of sp³-hybridized carbons (Fsp3) is 0.933. The van der Waals surface area contributed by atoms with Crippen molar-refractivity contribution in [2.24, 2.45) is 0 Å². The van der Waals surface area contributed by atoms with E-state index in [1.54, 1.807) is 4.90 Å². The van der Waals surface area contributed by atoms with Gasteiger partial charge in [0.25, 0.3) is 0 Å². The van der Waals surface area contributed by atoms with Crippen LogP contribution in [0.3, 0.4) is 0 Å². The molecule has 0 bridgehead atoms. The van der Waals surface area contributed by atoms with E-state index >= 15 is 0 Å². The molecule has 1 fully saturated rings. The van der Waals surface area contributed by atoms with Gasteiger partial charge >= 0.3 is 6.09 Å². The van der Waals surface area contributed by atoms with E-state index in [1.165, 1.54) is 0 Å². The average Bonchev–Trinajstić information content (AvgIpc) is 2.25. The van der Waals surface area contributed by atoms with Crippen molar-refractivity contribution >= 4 is 6.09 Å². The van der Waals surface area contributed by atoms with E-state index < -0.39 is 11.2 Å². The summed E-state index contributed by atoms with van der Waals surface area (Å²) in [5.74, 6) is 0. The first-order valence-corrected chi connectivity index (χ1v) is 7.49. The molecule has 5 heteroatoms. The van der Waals surface area contributed by atoms with Gasteiger partial charge in [-0.15, -0.1) is 0 Å². The van der Waals surface area contributed by atoms with Gasteiger partial charge in [-0.2, -0.15) is 0 Å². The molecule has 20 heavy (non-hydrogen) atoms. The van der Waals surface area contributed by atoms with E-state index in [9.17, 15) is 9.90 Å². The van der Waals surface area contributed by atoms with E-state index in [2.05, 4.69) is 4.90 Å². The molecular formula is C15H30N2O3. The highest BCUT2D eigenvalue weighted by Gasteiger charge is 2.25. The van der Waals surface area contributed by atoms with Gasteiger partial charge in [0.15, 0.2) is 0 Å². The Bertz CT molecular complexity index is 310. The van der Waals surface area contributed by atoms with Crippen molar-refractivity contribution in [3.05, 3.63) is 0 Å². The monoisotopic (exact) mass is 286 g/mol. The number of carbonyl (C=O) groups is 1. The second kappa shape index (κ2) is 6.76. The van der Waals surface area contributed by atoms with Crippen LogP contribution in [0.1, 0.15) is 47.5 Å². The third-order valence-corrected chi connectivity index (χ3v) is 3.29. The minimum atomic E-state index is -0.585. The summed E-state index contributed by atoms with van der Waals surface area (Å²) in [6.07, 6.45) is 1.57. The van der Waals surface area contributed by atoms with Gasteiger partial charge in [0, 0.05) is 26.2 Å². The number of carbonyl (C=O) groups excluding carboxylic acids is 1. The highest BCUT2D eigenvalue weighted by molar-refractivity contribution is 5.68. The van der Waals surface area contributed by atoms with Gasteiger partial charge in [0.05, 0.1) is 5.60 Å². The number of nitrogens with zero attached hydrogens (tertiary/aromatic N) is 2. The molecule has 0 saturated carbocycles. The van der Waals surface area contributed by atoms with E-state index in [4.69, 9.17) is 4.74 Å². The first kappa shape index (κ1) is 17.2. The van der Waals surface area contributed by atoms with E-state index in [-0.39, 0.29) is 6.09 Å². The molecule has 1 amide bonds. The van der Waals surface area contributed by atoms with Gasteiger partial charge in [-0.05, 0) is 54.0 Å². The van der Waals surface area contributed by atoms with Crippen LogP contribution in [0.15, 0.2) is 0 Å². The summed E-state index contributed by atoms with van der Waals surface area (Å²) in [7, 11) is 0. The molecule has 0 atom stereocenters. The van der Waals surface area contributed by atoms with E-state index in [1.807, 2.05) is 34.6 Å². The van der Waals surface area contributed by atoms with Crippen LogP contribution in [0.25, 0.3) is 0 Å². The summed E-state index contributed by atoms with van der Waals surface area (Å²) in [4.78, 5) is 16.0.